The van der Waals surface area contributed by atoms with E-state index in [0.29, 0.717) is 11.5 Å². The van der Waals surface area contributed by atoms with Crippen LogP contribution in [0.5, 0.6) is 0 Å². The molecule has 4 aromatic rings. The van der Waals surface area contributed by atoms with Crippen LogP contribution < -0.4 is 5.32 Å². The molecule has 0 atom stereocenters. The number of nitrogens with one attached hydrogen (secondary N) is 1. The van der Waals surface area contributed by atoms with Crippen molar-refractivity contribution in [3.63, 3.8) is 0 Å². The van der Waals surface area contributed by atoms with Crippen molar-refractivity contribution >= 4 is 33.4 Å². The van der Waals surface area contributed by atoms with Crippen LogP contribution in [0.3, 0.4) is 0 Å². The minimum absolute atomic E-state index is 0.0187. The van der Waals surface area contributed by atoms with E-state index in [0.717, 1.165) is 21.9 Å². The fraction of sp³-hybridized carbons (Fsp3) is 0.0556. The van der Waals surface area contributed by atoms with Gasteiger partial charge in [0.05, 0.1) is 11.1 Å². The van der Waals surface area contributed by atoms with Crippen molar-refractivity contribution in [2.75, 3.05) is 5.32 Å². The van der Waals surface area contributed by atoms with Gasteiger partial charge in [-0.15, -0.1) is 0 Å². The van der Waals surface area contributed by atoms with E-state index in [1.165, 1.54) is 12.1 Å². The summed E-state index contributed by atoms with van der Waals surface area (Å²) < 4.78 is 15.7. The Balaban J connectivity index is 1.78. The molecule has 5 nitrogen and oxygen atoms in total. The number of nitriles is 1. The van der Waals surface area contributed by atoms with E-state index < -0.39 is 5.82 Å². The number of anilines is 2. The summed E-state index contributed by atoms with van der Waals surface area (Å²) in [5.41, 5.74) is 2.43. The molecule has 4 rings (SSSR count). The maximum Gasteiger partial charge on any atom is 0.143 e. The number of nitrogens with zero attached hydrogens (tertiary/aromatic N) is 4. The quantitative estimate of drug-likeness (QED) is 0.609. The molecule has 24 heavy (non-hydrogen) atoms. The zero-order chi connectivity index (χ0) is 16.7. The first kappa shape index (κ1) is 14.2. The average molecular weight is 317 g/mol. The average Bonchev–Trinajstić information content (AvgIpc) is 2.88. The summed E-state index contributed by atoms with van der Waals surface area (Å²) in [5, 5.41) is 13.9. The second-order valence-corrected chi connectivity index (χ2v) is 5.45. The van der Waals surface area contributed by atoms with Crippen LogP contribution in [0.25, 0.3) is 21.9 Å². The van der Waals surface area contributed by atoms with Gasteiger partial charge in [0.1, 0.15) is 23.4 Å². The second kappa shape index (κ2) is 5.32. The Hall–Kier alpha value is -3.46. The highest BCUT2D eigenvalue weighted by Gasteiger charge is 2.10. The van der Waals surface area contributed by atoms with E-state index in [1.54, 1.807) is 18.3 Å². The number of fused-ring (bicyclic) bond motifs is 3. The third-order valence-corrected chi connectivity index (χ3v) is 4.00. The summed E-state index contributed by atoms with van der Waals surface area (Å²) in [6.07, 6.45) is 3.57. The molecule has 0 aliphatic heterocycles. The van der Waals surface area contributed by atoms with Crippen molar-refractivity contribution in [1.29, 1.82) is 5.26 Å². The zero-order valence-corrected chi connectivity index (χ0v) is 12.8. The van der Waals surface area contributed by atoms with E-state index in [9.17, 15) is 4.39 Å². The molecular formula is C18H12FN5. The lowest BCUT2D eigenvalue weighted by Gasteiger charge is -2.07. The summed E-state index contributed by atoms with van der Waals surface area (Å²) in [6.45, 7) is 0. The molecule has 0 saturated heterocycles. The number of aromatic nitrogens is 3. The number of halogens is 1. The third-order valence-electron chi connectivity index (χ3n) is 4.00. The van der Waals surface area contributed by atoms with Gasteiger partial charge in [0, 0.05) is 35.9 Å². The summed E-state index contributed by atoms with van der Waals surface area (Å²) in [6, 6.07) is 11.9. The van der Waals surface area contributed by atoms with Gasteiger partial charge in [0.2, 0.25) is 0 Å². The van der Waals surface area contributed by atoms with Crippen LogP contribution in [-0.4, -0.2) is 14.5 Å². The van der Waals surface area contributed by atoms with Gasteiger partial charge in [-0.1, -0.05) is 0 Å². The number of hydrogen-bond donors (Lipinski definition) is 1. The first-order valence-corrected chi connectivity index (χ1v) is 7.33. The van der Waals surface area contributed by atoms with Crippen LogP contribution in [0.4, 0.5) is 15.9 Å². The number of rotatable bonds is 2. The lowest BCUT2D eigenvalue weighted by Crippen LogP contribution is -1.97. The molecule has 0 spiro atoms. The highest BCUT2D eigenvalue weighted by atomic mass is 19.1. The molecule has 116 valence electrons. The van der Waals surface area contributed by atoms with Gasteiger partial charge < -0.3 is 9.88 Å². The van der Waals surface area contributed by atoms with Gasteiger partial charge in [-0.25, -0.2) is 9.37 Å². The van der Waals surface area contributed by atoms with Crippen LogP contribution >= 0.6 is 0 Å². The molecule has 3 heterocycles. The van der Waals surface area contributed by atoms with E-state index in [2.05, 4.69) is 15.3 Å². The number of hydrogen-bond acceptors (Lipinski definition) is 4. The minimum Gasteiger partial charge on any atom is -0.340 e. The van der Waals surface area contributed by atoms with Crippen molar-refractivity contribution in [3.8, 4) is 6.07 Å². The highest BCUT2D eigenvalue weighted by molar-refractivity contribution is 6.06. The molecule has 6 heteroatoms. The summed E-state index contributed by atoms with van der Waals surface area (Å²) in [7, 11) is 1.95. The van der Waals surface area contributed by atoms with Gasteiger partial charge in [-0.3, -0.25) is 4.98 Å². The molecule has 3 aromatic heterocycles. The van der Waals surface area contributed by atoms with Gasteiger partial charge in [-0.05, 0) is 36.4 Å². The van der Waals surface area contributed by atoms with Gasteiger partial charge in [-0.2, -0.15) is 5.26 Å². The minimum atomic E-state index is -0.556. The van der Waals surface area contributed by atoms with Crippen molar-refractivity contribution in [1.82, 2.24) is 14.5 Å². The number of aryl methyl sites for hydroxylation is 1. The Morgan fingerprint density at radius 3 is 2.83 bits per heavy atom. The van der Waals surface area contributed by atoms with E-state index in [4.69, 9.17) is 5.26 Å². The van der Waals surface area contributed by atoms with Crippen LogP contribution in [0.1, 0.15) is 5.56 Å². The molecule has 0 aliphatic rings. The maximum absolute atomic E-state index is 13.7. The van der Waals surface area contributed by atoms with Crippen LogP contribution in [-0.2, 0) is 7.05 Å². The van der Waals surface area contributed by atoms with E-state index in [-0.39, 0.29) is 5.56 Å². The van der Waals surface area contributed by atoms with Crippen molar-refractivity contribution < 1.29 is 4.39 Å². The largest absolute Gasteiger partial charge is 0.340 e. The molecule has 0 radical (unpaired) electrons. The van der Waals surface area contributed by atoms with Crippen LogP contribution in [0, 0.1) is 17.1 Å². The SMILES string of the molecule is Cn1c2ccncc2c2ccc(Nc3ccc(C#N)c(F)c3)nc21. The van der Waals surface area contributed by atoms with E-state index >= 15 is 0 Å². The molecule has 0 fully saturated rings. The first-order valence-electron chi connectivity index (χ1n) is 7.33. The zero-order valence-electron chi connectivity index (χ0n) is 12.8. The molecule has 0 unspecified atom stereocenters. The lowest BCUT2D eigenvalue weighted by atomic mass is 10.2. The fourth-order valence-corrected chi connectivity index (χ4v) is 2.82. The normalized spacial score (nSPS) is 10.9. The molecule has 1 aromatic carbocycles. The number of pyridine rings is 2. The molecule has 0 bridgehead atoms. The van der Waals surface area contributed by atoms with Crippen molar-refractivity contribution in [2.45, 2.75) is 0 Å². The van der Waals surface area contributed by atoms with Gasteiger partial charge in [0.15, 0.2) is 0 Å². The summed E-state index contributed by atoms with van der Waals surface area (Å²) >= 11 is 0. The summed E-state index contributed by atoms with van der Waals surface area (Å²) in [5.74, 6) is 0.0460. The Labute approximate surface area is 137 Å². The predicted octanol–water partition coefficient (Wildman–Crippen LogP) is 3.88. The number of benzene rings is 1. The smallest absolute Gasteiger partial charge is 0.143 e. The van der Waals surface area contributed by atoms with Gasteiger partial charge >= 0.3 is 0 Å². The van der Waals surface area contributed by atoms with Crippen LogP contribution in [0.15, 0.2) is 48.8 Å². The van der Waals surface area contributed by atoms with E-state index in [1.807, 2.05) is 36.0 Å². The molecule has 0 amide bonds. The predicted molar refractivity (Wildman–Crippen MR) is 90.4 cm³/mol. The summed E-state index contributed by atoms with van der Waals surface area (Å²) in [4.78, 5) is 8.78. The Bertz CT molecular complexity index is 1120. The third kappa shape index (κ3) is 2.15. The monoisotopic (exact) mass is 317 g/mol. The Morgan fingerprint density at radius 2 is 2.04 bits per heavy atom. The maximum atomic E-state index is 13.7. The Morgan fingerprint density at radius 1 is 1.17 bits per heavy atom. The molecule has 0 aliphatic carbocycles. The first-order chi connectivity index (χ1) is 11.7. The standard InChI is InChI=1S/C18H12FN5/c1-24-16-6-7-21-10-14(16)13-4-5-17(23-18(13)24)22-12-3-2-11(9-20)15(19)8-12/h2-8,10H,1H3,(H,22,23). The Kier molecular flexibility index (Phi) is 3.14. The van der Waals surface area contributed by atoms with Crippen molar-refractivity contribution in [3.05, 3.63) is 60.2 Å². The van der Waals surface area contributed by atoms with Gasteiger partial charge in [0.25, 0.3) is 0 Å². The molecule has 1 N–H and O–H groups in total. The molecular weight excluding hydrogens is 305 g/mol. The lowest BCUT2D eigenvalue weighted by molar-refractivity contribution is 0.624. The topological polar surface area (TPSA) is 66.5 Å². The second-order valence-electron chi connectivity index (χ2n) is 5.45. The van der Waals surface area contributed by atoms with Crippen molar-refractivity contribution in [2.24, 2.45) is 7.05 Å². The fourth-order valence-electron chi connectivity index (χ4n) is 2.82. The highest BCUT2D eigenvalue weighted by Crippen LogP contribution is 2.28. The van der Waals surface area contributed by atoms with Crippen LogP contribution in [0.2, 0.25) is 0 Å². The molecule has 0 saturated carbocycles.